The smallest absolute Gasteiger partial charge is 0.176 e. The molecule has 1 aliphatic rings. The van der Waals surface area contributed by atoms with Crippen molar-refractivity contribution < 1.29 is 9.15 Å². The Labute approximate surface area is 81.6 Å². The first-order chi connectivity index (χ1) is 6.33. The summed E-state index contributed by atoms with van der Waals surface area (Å²) in [7, 11) is 2.12. The average Bonchev–Trinajstić information content (AvgIpc) is 2.51. The lowest BCUT2D eigenvalue weighted by atomic mass is 10.1. The van der Waals surface area contributed by atoms with Gasteiger partial charge in [-0.1, -0.05) is 26.2 Å². The average molecular weight is 182 g/mol. The van der Waals surface area contributed by atoms with Gasteiger partial charge in [0.05, 0.1) is 0 Å². The molecule has 2 nitrogen and oxygen atoms in total. The molecule has 0 aromatic heterocycles. The number of rotatable bonds is 6. The van der Waals surface area contributed by atoms with Crippen LogP contribution in [0.5, 0.6) is 0 Å². The van der Waals surface area contributed by atoms with E-state index in [1.807, 2.05) is 0 Å². The van der Waals surface area contributed by atoms with Gasteiger partial charge in [-0.15, -0.1) is 0 Å². The summed E-state index contributed by atoms with van der Waals surface area (Å²) in [5, 5.41) is 0. The maximum Gasteiger partial charge on any atom is 0.334 e. The second-order valence-corrected chi connectivity index (χ2v) is 3.92. The van der Waals surface area contributed by atoms with Crippen molar-refractivity contribution in [1.29, 1.82) is 0 Å². The van der Waals surface area contributed by atoms with Crippen LogP contribution in [0, 0.1) is 0 Å². The largest absolute Gasteiger partial charge is 0.334 e. The van der Waals surface area contributed by atoms with E-state index >= 15 is 0 Å². The molecule has 0 aliphatic carbocycles. The predicted molar refractivity (Wildman–Crippen MR) is 57.1 cm³/mol. The lowest BCUT2D eigenvalue weighted by Gasteiger charge is -1.97. The molecule has 74 valence electrons. The molecule has 0 radical (unpaired) electrons. The van der Waals surface area contributed by atoms with Gasteiger partial charge in [0.2, 0.25) is 12.4 Å². The van der Waals surface area contributed by atoms with Crippen molar-refractivity contribution in [2.75, 3.05) is 20.3 Å². The fraction of sp³-hybridized carbons (Fsp3) is 0.818. The molecular formula is C11H22N2+2. The quantitative estimate of drug-likeness (QED) is 0.436. The molecule has 0 aromatic rings. The van der Waals surface area contributed by atoms with Gasteiger partial charge in [-0.25, -0.2) is 0 Å². The van der Waals surface area contributed by atoms with E-state index in [0.717, 1.165) is 6.67 Å². The summed E-state index contributed by atoms with van der Waals surface area (Å²) in [5.41, 5.74) is 0. The molecule has 0 amide bonds. The normalized spacial score (nSPS) is 15.8. The van der Waals surface area contributed by atoms with Gasteiger partial charge in [-0.2, -0.15) is 9.15 Å². The lowest BCUT2D eigenvalue weighted by Crippen LogP contribution is -2.16. The van der Waals surface area contributed by atoms with E-state index in [4.69, 9.17) is 0 Å². The third kappa shape index (κ3) is 4.20. The topological polar surface area (TPSA) is 6.02 Å². The van der Waals surface area contributed by atoms with Crippen molar-refractivity contribution in [3.05, 3.63) is 0 Å². The molecular weight excluding hydrogens is 160 g/mol. The van der Waals surface area contributed by atoms with Gasteiger partial charge in [0.15, 0.2) is 0 Å². The van der Waals surface area contributed by atoms with Gasteiger partial charge in [0.1, 0.15) is 13.6 Å². The highest BCUT2D eigenvalue weighted by Crippen LogP contribution is 2.02. The molecule has 2 heteroatoms. The molecule has 13 heavy (non-hydrogen) atoms. The zero-order valence-electron chi connectivity index (χ0n) is 9.00. The molecule has 0 saturated carbocycles. The van der Waals surface area contributed by atoms with Crippen molar-refractivity contribution >= 4 is 12.4 Å². The van der Waals surface area contributed by atoms with Crippen LogP contribution in [0.2, 0.25) is 0 Å². The third-order valence-corrected chi connectivity index (χ3v) is 2.49. The molecule has 0 N–H and O–H groups in total. The van der Waals surface area contributed by atoms with Gasteiger partial charge in [-0.3, -0.25) is 0 Å². The predicted octanol–water partition coefficient (Wildman–Crippen LogP) is 1.72. The van der Waals surface area contributed by atoms with Crippen molar-refractivity contribution in [1.82, 2.24) is 0 Å². The van der Waals surface area contributed by atoms with Crippen LogP contribution in [0.15, 0.2) is 0 Å². The van der Waals surface area contributed by atoms with Crippen molar-refractivity contribution in [2.24, 2.45) is 0 Å². The highest BCUT2D eigenvalue weighted by molar-refractivity contribution is 6.11. The zero-order chi connectivity index (χ0) is 9.52. The molecule has 1 heterocycles. The molecule has 1 rings (SSSR count). The van der Waals surface area contributed by atoms with Crippen molar-refractivity contribution in [2.45, 2.75) is 39.0 Å². The van der Waals surface area contributed by atoms with E-state index in [1.54, 1.807) is 0 Å². The Kier molecular flexibility index (Phi) is 4.73. The minimum atomic E-state index is 1.08. The Morgan fingerprint density at radius 1 is 1.08 bits per heavy atom. The van der Waals surface area contributed by atoms with Crippen LogP contribution in [0.25, 0.3) is 0 Å². The molecule has 0 unspecified atom stereocenters. The Hall–Kier alpha value is -0.660. The highest BCUT2D eigenvalue weighted by atomic mass is 15.2. The number of hydrogen-bond acceptors (Lipinski definition) is 0. The molecule has 0 aromatic carbocycles. The molecule has 0 fully saturated rings. The minimum absolute atomic E-state index is 1.08. The van der Waals surface area contributed by atoms with E-state index in [9.17, 15) is 0 Å². The van der Waals surface area contributed by atoms with E-state index < -0.39 is 0 Å². The first-order valence-corrected chi connectivity index (χ1v) is 5.45. The van der Waals surface area contributed by atoms with Gasteiger partial charge in [-0.05, 0) is 6.42 Å². The van der Waals surface area contributed by atoms with E-state index in [-0.39, 0.29) is 0 Å². The van der Waals surface area contributed by atoms with Gasteiger partial charge < -0.3 is 0 Å². The van der Waals surface area contributed by atoms with Crippen molar-refractivity contribution in [3.8, 4) is 0 Å². The number of nitrogens with zero attached hydrogens (tertiary/aromatic N) is 2. The van der Waals surface area contributed by atoms with Crippen LogP contribution in [0.4, 0.5) is 0 Å². The molecule has 0 bridgehead atoms. The third-order valence-electron chi connectivity index (χ3n) is 2.49. The zero-order valence-corrected chi connectivity index (χ0v) is 9.00. The van der Waals surface area contributed by atoms with Crippen LogP contribution in [-0.4, -0.2) is 41.8 Å². The Bertz CT molecular complexity index is 204. The summed E-state index contributed by atoms with van der Waals surface area (Å²) in [6.45, 7) is 4.57. The van der Waals surface area contributed by atoms with E-state index in [0.29, 0.717) is 0 Å². The van der Waals surface area contributed by atoms with E-state index in [1.165, 1.54) is 38.6 Å². The Balaban J connectivity index is 1.96. The molecule has 0 atom stereocenters. The van der Waals surface area contributed by atoms with Crippen LogP contribution in [0.3, 0.4) is 0 Å². The van der Waals surface area contributed by atoms with Crippen LogP contribution >= 0.6 is 0 Å². The van der Waals surface area contributed by atoms with Crippen LogP contribution in [0.1, 0.15) is 39.0 Å². The second-order valence-electron chi connectivity index (χ2n) is 3.92. The summed E-state index contributed by atoms with van der Waals surface area (Å²) in [4.78, 5) is 0. The fourth-order valence-corrected chi connectivity index (χ4v) is 1.65. The summed E-state index contributed by atoms with van der Waals surface area (Å²) in [5.74, 6) is 0. The van der Waals surface area contributed by atoms with Gasteiger partial charge >= 0.3 is 6.67 Å². The van der Waals surface area contributed by atoms with E-state index in [2.05, 4.69) is 35.6 Å². The van der Waals surface area contributed by atoms with Crippen LogP contribution in [-0.2, 0) is 0 Å². The molecule has 0 saturated heterocycles. The molecule has 1 aliphatic heterocycles. The lowest BCUT2D eigenvalue weighted by molar-refractivity contribution is -0.699. The summed E-state index contributed by atoms with van der Waals surface area (Å²) in [6.07, 6.45) is 11.2. The summed E-state index contributed by atoms with van der Waals surface area (Å²) >= 11 is 0. The maximum absolute atomic E-state index is 2.38. The highest BCUT2D eigenvalue weighted by Gasteiger charge is 2.14. The minimum Gasteiger partial charge on any atom is -0.176 e. The number of hydrogen-bond donors (Lipinski definition) is 0. The maximum atomic E-state index is 2.38. The molecule has 0 spiro atoms. The number of unbranched alkanes of at least 4 members (excludes halogenated alkanes) is 4. The monoisotopic (exact) mass is 182 g/mol. The van der Waals surface area contributed by atoms with Gasteiger partial charge in [0, 0.05) is 6.42 Å². The first kappa shape index (κ1) is 10.4. The van der Waals surface area contributed by atoms with Crippen molar-refractivity contribution in [3.63, 3.8) is 0 Å². The Morgan fingerprint density at radius 2 is 1.85 bits per heavy atom. The first-order valence-electron chi connectivity index (χ1n) is 5.45. The Morgan fingerprint density at radius 3 is 2.46 bits per heavy atom. The summed E-state index contributed by atoms with van der Waals surface area (Å²) in [6, 6.07) is 0. The summed E-state index contributed by atoms with van der Waals surface area (Å²) < 4.78 is 4.60. The SMILES string of the molecule is CCCCCCC[N+]1=CC=[N+](C)C1. The second kappa shape index (κ2) is 5.90. The van der Waals surface area contributed by atoms with Gasteiger partial charge in [0.25, 0.3) is 0 Å². The fourth-order valence-electron chi connectivity index (χ4n) is 1.65. The van der Waals surface area contributed by atoms with Crippen LogP contribution < -0.4 is 0 Å². The standard InChI is InChI=1S/C11H22N2/c1-3-4-5-6-7-8-13-10-9-12(2)11-13/h9-10H,3-8,11H2,1-2H3/q+2.